The first-order chi connectivity index (χ1) is 13.5. The summed E-state index contributed by atoms with van der Waals surface area (Å²) >= 11 is 0. The smallest absolute Gasteiger partial charge is 0.357 e. The van der Waals surface area contributed by atoms with Crippen molar-refractivity contribution < 1.29 is 26.0 Å². The first kappa shape index (κ1) is 26.9. The van der Waals surface area contributed by atoms with Crippen molar-refractivity contribution in [2.75, 3.05) is 32.4 Å². The van der Waals surface area contributed by atoms with Crippen molar-refractivity contribution >= 4 is 40.0 Å². The maximum Gasteiger partial charge on any atom is 0.416 e. The second kappa shape index (κ2) is 11.5. The van der Waals surface area contributed by atoms with Crippen LogP contribution in [0.4, 0.5) is 17.6 Å². The molecular weight excluding hydrogens is 539 g/mol. The zero-order valence-corrected chi connectivity index (χ0v) is 19.9. The monoisotopic (exact) mass is 566 g/mol. The average Bonchev–Trinajstić information content (AvgIpc) is 2.63. The Morgan fingerprint density at radius 2 is 1.87 bits per heavy atom. The Morgan fingerprint density at radius 3 is 2.40 bits per heavy atom. The summed E-state index contributed by atoms with van der Waals surface area (Å²) in [6, 6.07) is 2.54. The molecule has 0 saturated carbocycles. The summed E-state index contributed by atoms with van der Waals surface area (Å²) in [5.41, 5.74) is -1.15. The number of benzene rings is 1. The van der Waals surface area contributed by atoms with E-state index < -0.39 is 27.6 Å². The van der Waals surface area contributed by atoms with E-state index in [1.807, 2.05) is 6.92 Å². The third-order valence-corrected chi connectivity index (χ3v) is 6.03. The molecule has 1 heterocycles. The van der Waals surface area contributed by atoms with Crippen molar-refractivity contribution in [2.24, 2.45) is 10.9 Å². The molecule has 172 valence electrons. The molecule has 0 bridgehead atoms. The molecule has 12 heteroatoms. The summed E-state index contributed by atoms with van der Waals surface area (Å²) in [6.45, 7) is 3.53. The maximum atomic E-state index is 13.2. The molecule has 0 spiro atoms. The summed E-state index contributed by atoms with van der Waals surface area (Å²) in [4.78, 5) is 4.19. The predicted molar refractivity (Wildman–Crippen MR) is 119 cm³/mol. The number of aliphatic imine (C=N–C) groups is 1. The lowest BCUT2D eigenvalue weighted by Gasteiger charge is -2.30. The summed E-state index contributed by atoms with van der Waals surface area (Å²) in [7, 11) is -3.19. The Morgan fingerprint density at radius 1 is 1.23 bits per heavy atom. The zero-order valence-electron chi connectivity index (χ0n) is 16.8. The number of hydrogen-bond donors (Lipinski definition) is 2. The Balaban J connectivity index is 0.00000450. The molecular formula is C18H27F4IN4O2S. The molecule has 2 rings (SSSR count). The SMILES string of the molecule is CCNC(=NCc1ccc(F)cc1C(F)(F)F)NCC1CCN(S(C)(=O)=O)CC1.I. The third-order valence-electron chi connectivity index (χ3n) is 4.73. The number of piperidine rings is 1. The van der Waals surface area contributed by atoms with Gasteiger partial charge in [-0.3, -0.25) is 0 Å². The zero-order chi connectivity index (χ0) is 21.7. The lowest BCUT2D eigenvalue weighted by Crippen LogP contribution is -2.44. The van der Waals surface area contributed by atoms with Gasteiger partial charge < -0.3 is 10.6 Å². The van der Waals surface area contributed by atoms with Crippen LogP contribution in [-0.2, 0) is 22.7 Å². The lowest BCUT2D eigenvalue weighted by molar-refractivity contribution is -0.138. The predicted octanol–water partition coefficient (Wildman–Crippen LogP) is 3.19. The number of guanidine groups is 1. The van der Waals surface area contributed by atoms with Crippen molar-refractivity contribution in [3.63, 3.8) is 0 Å². The van der Waals surface area contributed by atoms with Crippen LogP contribution < -0.4 is 10.6 Å². The number of hydrogen-bond acceptors (Lipinski definition) is 3. The molecule has 0 amide bonds. The molecule has 30 heavy (non-hydrogen) atoms. The van der Waals surface area contributed by atoms with Crippen molar-refractivity contribution in [3.8, 4) is 0 Å². The minimum absolute atomic E-state index is 0. The first-order valence-electron chi connectivity index (χ1n) is 9.33. The second-order valence-electron chi connectivity index (χ2n) is 6.98. The highest BCUT2D eigenvalue weighted by Crippen LogP contribution is 2.32. The van der Waals surface area contributed by atoms with Crippen molar-refractivity contribution in [2.45, 2.75) is 32.5 Å². The van der Waals surface area contributed by atoms with E-state index in [-0.39, 0.29) is 42.0 Å². The van der Waals surface area contributed by atoms with Crippen LogP contribution >= 0.6 is 24.0 Å². The fourth-order valence-corrected chi connectivity index (χ4v) is 4.02. The van der Waals surface area contributed by atoms with Crippen molar-refractivity contribution in [1.29, 1.82) is 0 Å². The Hall–Kier alpha value is -1.15. The van der Waals surface area contributed by atoms with Crippen molar-refractivity contribution in [1.82, 2.24) is 14.9 Å². The molecule has 1 saturated heterocycles. The van der Waals surface area contributed by atoms with Crippen LogP contribution in [0.2, 0.25) is 0 Å². The van der Waals surface area contributed by atoms with Gasteiger partial charge in [0.15, 0.2) is 5.96 Å². The van der Waals surface area contributed by atoms with Crippen LogP contribution in [0.1, 0.15) is 30.9 Å². The highest BCUT2D eigenvalue weighted by atomic mass is 127. The highest BCUT2D eigenvalue weighted by Gasteiger charge is 2.33. The van der Waals surface area contributed by atoms with Gasteiger partial charge in [0, 0.05) is 26.2 Å². The topological polar surface area (TPSA) is 73.8 Å². The van der Waals surface area contributed by atoms with Gasteiger partial charge in [-0.25, -0.2) is 22.1 Å². The number of sulfonamides is 1. The fourth-order valence-electron chi connectivity index (χ4n) is 3.14. The fraction of sp³-hybridized carbons (Fsp3) is 0.611. The molecule has 0 radical (unpaired) electrons. The van der Waals surface area contributed by atoms with E-state index in [9.17, 15) is 26.0 Å². The van der Waals surface area contributed by atoms with Gasteiger partial charge in [-0.05, 0) is 43.4 Å². The van der Waals surface area contributed by atoms with Gasteiger partial charge in [0.1, 0.15) is 5.82 Å². The molecule has 0 aliphatic carbocycles. The molecule has 6 nitrogen and oxygen atoms in total. The summed E-state index contributed by atoms with van der Waals surface area (Å²) in [5.74, 6) is -0.362. The van der Waals surface area contributed by atoms with Crippen LogP contribution in [-0.4, -0.2) is 51.1 Å². The van der Waals surface area contributed by atoms with Gasteiger partial charge in [0.2, 0.25) is 10.0 Å². The largest absolute Gasteiger partial charge is 0.416 e. The van der Waals surface area contributed by atoms with E-state index in [0.717, 1.165) is 12.1 Å². The van der Waals surface area contributed by atoms with E-state index in [1.165, 1.54) is 10.6 Å². The average molecular weight is 566 g/mol. The Bertz CT molecular complexity index is 826. The molecule has 1 fully saturated rings. The summed E-state index contributed by atoms with van der Waals surface area (Å²) in [5, 5.41) is 6.07. The third kappa shape index (κ3) is 8.17. The molecule has 1 aliphatic rings. The van der Waals surface area contributed by atoms with Gasteiger partial charge in [-0.1, -0.05) is 6.07 Å². The van der Waals surface area contributed by atoms with E-state index in [1.54, 1.807) is 0 Å². The van der Waals surface area contributed by atoms with Crippen molar-refractivity contribution in [3.05, 3.63) is 35.1 Å². The molecule has 1 aromatic rings. The van der Waals surface area contributed by atoms with Gasteiger partial charge in [-0.15, -0.1) is 24.0 Å². The van der Waals surface area contributed by atoms with Gasteiger partial charge in [0.05, 0.1) is 18.4 Å². The van der Waals surface area contributed by atoms with Gasteiger partial charge in [0.25, 0.3) is 0 Å². The Labute approximate surface area is 191 Å². The lowest BCUT2D eigenvalue weighted by atomic mass is 9.98. The quantitative estimate of drug-likeness (QED) is 0.240. The summed E-state index contributed by atoms with van der Waals surface area (Å²) in [6.07, 6.45) is -2.09. The van der Waals surface area contributed by atoms with Crippen LogP contribution in [0, 0.1) is 11.7 Å². The normalized spacial score (nSPS) is 16.8. The Kier molecular flexibility index (Phi) is 10.3. The van der Waals surface area contributed by atoms with Gasteiger partial charge in [-0.2, -0.15) is 13.2 Å². The number of nitrogens with one attached hydrogen (secondary N) is 2. The number of halogens is 5. The van der Waals surface area contributed by atoms with Crippen LogP contribution in [0.25, 0.3) is 0 Å². The standard InChI is InChI=1S/C18H26F4N4O2S.HI/c1-3-23-17(24-11-13-6-8-26(9-7-13)29(2,27)28)25-12-14-4-5-15(19)10-16(14)18(20,21)22;/h4-5,10,13H,3,6-9,11-12H2,1-2H3,(H2,23,24,25);1H. The van der Waals surface area contributed by atoms with E-state index in [4.69, 9.17) is 0 Å². The number of nitrogens with zero attached hydrogens (tertiary/aromatic N) is 2. The number of alkyl halides is 3. The molecule has 2 N–H and O–H groups in total. The van der Waals surface area contributed by atoms with Crippen LogP contribution in [0.3, 0.4) is 0 Å². The molecule has 0 atom stereocenters. The number of rotatable bonds is 6. The highest BCUT2D eigenvalue weighted by molar-refractivity contribution is 14.0. The molecule has 1 aromatic carbocycles. The first-order valence-corrected chi connectivity index (χ1v) is 11.2. The van der Waals surface area contributed by atoms with E-state index in [0.29, 0.717) is 51.0 Å². The van der Waals surface area contributed by atoms with Crippen LogP contribution in [0.15, 0.2) is 23.2 Å². The second-order valence-corrected chi connectivity index (χ2v) is 8.96. The molecule has 0 unspecified atom stereocenters. The molecule has 1 aliphatic heterocycles. The van der Waals surface area contributed by atoms with Gasteiger partial charge >= 0.3 is 6.18 Å². The summed E-state index contributed by atoms with van der Waals surface area (Å²) < 4.78 is 77.1. The minimum atomic E-state index is -4.66. The van der Waals surface area contributed by atoms with E-state index in [2.05, 4.69) is 15.6 Å². The van der Waals surface area contributed by atoms with Crippen LogP contribution in [0.5, 0.6) is 0 Å². The molecule has 0 aromatic heterocycles. The maximum absolute atomic E-state index is 13.2. The van der Waals surface area contributed by atoms with E-state index >= 15 is 0 Å². The minimum Gasteiger partial charge on any atom is -0.357 e.